The van der Waals surface area contributed by atoms with E-state index in [0.717, 1.165) is 63.3 Å². The Labute approximate surface area is 159 Å². The molecule has 1 aromatic carbocycles. The largest absolute Gasteiger partial charge is 0.493 e. The zero-order valence-electron chi connectivity index (χ0n) is 16.3. The van der Waals surface area contributed by atoms with Crippen LogP contribution in [0.15, 0.2) is 16.7 Å². The topological polar surface area (TPSA) is 69.9 Å². The zero-order chi connectivity index (χ0) is 18.9. The molecule has 2 aliphatic rings. The summed E-state index contributed by atoms with van der Waals surface area (Å²) >= 11 is 0. The summed E-state index contributed by atoms with van der Waals surface area (Å²) in [6, 6.07) is 4.19. The van der Waals surface area contributed by atoms with E-state index in [1.54, 1.807) is 14.2 Å². The number of piperidine rings is 1. The SMILES string of the molecule is CCCc1nc(N2CCC3(CC2)OCCc2cc(OC)c(OC)cc23)no1. The van der Waals surface area contributed by atoms with Crippen molar-refractivity contribution in [1.29, 1.82) is 0 Å². The molecule has 7 nitrogen and oxygen atoms in total. The molecule has 7 heteroatoms. The molecule has 0 N–H and O–H groups in total. The zero-order valence-corrected chi connectivity index (χ0v) is 16.3. The maximum Gasteiger partial charge on any atom is 0.266 e. The van der Waals surface area contributed by atoms with Crippen LogP contribution in [0.1, 0.15) is 43.2 Å². The molecule has 4 rings (SSSR count). The Kier molecular flexibility index (Phi) is 4.95. The summed E-state index contributed by atoms with van der Waals surface area (Å²) in [6.45, 7) is 4.50. The highest BCUT2D eigenvalue weighted by Crippen LogP contribution is 2.45. The van der Waals surface area contributed by atoms with Gasteiger partial charge < -0.3 is 23.6 Å². The second-order valence-electron chi connectivity index (χ2n) is 7.18. The smallest absolute Gasteiger partial charge is 0.266 e. The quantitative estimate of drug-likeness (QED) is 0.797. The third kappa shape index (κ3) is 3.25. The van der Waals surface area contributed by atoms with Gasteiger partial charge in [0.15, 0.2) is 11.5 Å². The van der Waals surface area contributed by atoms with Crippen LogP contribution in [0.3, 0.4) is 0 Å². The molecule has 2 aliphatic heterocycles. The number of benzene rings is 1. The Morgan fingerprint density at radius 3 is 2.59 bits per heavy atom. The number of hydrogen-bond donors (Lipinski definition) is 0. The van der Waals surface area contributed by atoms with Crippen LogP contribution < -0.4 is 14.4 Å². The Morgan fingerprint density at radius 1 is 1.15 bits per heavy atom. The van der Waals surface area contributed by atoms with E-state index in [2.05, 4.69) is 34.1 Å². The molecule has 146 valence electrons. The van der Waals surface area contributed by atoms with Crippen LogP contribution >= 0.6 is 0 Å². The number of hydrogen-bond acceptors (Lipinski definition) is 7. The van der Waals surface area contributed by atoms with Crippen molar-refractivity contribution in [2.45, 2.75) is 44.6 Å². The summed E-state index contributed by atoms with van der Waals surface area (Å²) in [6.07, 6.45) is 4.48. The van der Waals surface area contributed by atoms with E-state index in [-0.39, 0.29) is 5.60 Å². The first-order valence-corrected chi connectivity index (χ1v) is 9.66. The number of aryl methyl sites for hydroxylation is 1. The molecule has 1 saturated heterocycles. The van der Waals surface area contributed by atoms with E-state index in [9.17, 15) is 0 Å². The van der Waals surface area contributed by atoms with E-state index in [1.807, 2.05) is 0 Å². The summed E-state index contributed by atoms with van der Waals surface area (Å²) in [5.41, 5.74) is 2.24. The van der Waals surface area contributed by atoms with E-state index < -0.39 is 0 Å². The van der Waals surface area contributed by atoms with Crippen molar-refractivity contribution >= 4 is 5.95 Å². The molecule has 3 heterocycles. The fourth-order valence-electron chi connectivity index (χ4n) is 4.16. The van der Waals surface area contributed by atoms with Gasteiger partial charge in [-0.05, 0) is 54.1 Å². The normalized spacial score (nSPS) is 18.4. The first kappa shape index (κ1) is 18.1. The monoisotopic (exact) mass is 373 g/mol. The van der Waals surface area contributed by atoms with Crippen molar-refractivity contribution in [1.82, 2.24) is 10.1 Å². The summed E-state index contributed by atoms with van der Waals surface area (Å²) in [7, 11) is 3.35. The molecule has 1 spiro atoms. The minimum Gasteiger partial charge on any atom is -0.493 e. The highest BCUT2D eigenvalue weighted by Gasteiger charge is 2.42. The number of ether oxygens (including phenoxy) is 3. The molecule has 0 atom stereocenters. The van der Waals surface area contributed by atoms with Gasteiger partial charge in [-0.25, -0.2) is 0 Å². The second kappa shape index (κ2) is 7.38. The minimum atomic E-state index is -0.278. The number of rotatable bonds is 5. The lowest BCUT2D eigenvalue weighted by Crippen LogP contribution is -2.47. The fourth-order valence-corrected chi connectivity index (χ4v) is 4.16. The number of anilines is 1. The number of methoxy groups -OCH3 is 2. The molecule has 0 unspecified atom stereocenters. The van der Waals surface area contributed by atoms with Crippen molar-refractivity contribution in [2.75, 3.05) is 38.8 Å². The summed E-state index contributed by atoms with van der Waals surface area (Å²) < 4.78 is 22.7. The highest BCUT2D eigenvalue weighted by atomic mass is 16.5. The molecular formula is C20H27N3O4. The number of aromatic nitrogens is 2. The lowest BCUT2D eigenvalue weighted by molar-refractivity contribution is -0.0769. The first-order valence-electron chi connectivity index (χ1n) is 9.66. The lowest BCUT2D eigenvalue weighted by Gasteiger charge is -2.45. The average Bonchev–Trinajstić information content (AvgIpc) is 3.17. The Balaban J connectivity index is 1.56. The molecule has 0 bridgehead atoms. The molecule has 0 saturated carbocycles. The van der Waals surface area contributed by atoms with Crippen molar-refractivity contribution in [3.63, 3.8) is 0 Å². The van der Waals surface area contributed by atoms with Gasteiger partial charge in [-0.3, -0.25) is 0 Å². The summed E-state index contributed by atoms with van der Waals surface area (Å²) in [5, 5.41) is 4.15. The van der Waals surface area contributed by atoms with Crippen molar-refractivity contribution in [3.8, 4) is 11.5 Å². The van der Waals surface area contributed by atoms with E-state index >= 15 is 0 Å². The molecule has 27 heavy (non-hydrogen) atoms. The van der Waals surface area contributed by atoms with Crippen LogP contribution in [0.5, 0.6) is 11.5 Å². The molecule has 0 aliphatic carbocycles. The van der Waals surface area contributed by atoms with Gasteiger partial charge in [0.2, 0.25) is 5.89 Å². The number of fused-ring (bicyclic) bond motifs is 2. The van der Waals surface area contributed by atoms with Crippen LogP contribution in [-0.2, 0) is 23.2 Å². The van der Waals surface area contributed by atoms with E-state index in [1.165, 1.54) is 11.1 Å². The highest BCUT2D eigenvalue weighted by molar-refractivity contribution is 5.51. The van der Waals surface area contributed by atoms with Gasteiger partial charge in [-0.1, -0.05) is 6.92 Å². The maximum absolute atomic E-state index is 6.35. The van der Waals surface area contributed by atoms with E-state index in [0.29, 0.717) is 11.8 Å². The first-order chi connectivity index (χ1) is 13.2. The summed E-state index contributed by atoms with van der Waals surface area (Å²) in [4.78, 5) is 6.71. The second-order valence-corrected chi connectivity index (χ2v) is 7.18. The Hall–Kier alpha value is -2.28. The predicted molar refractivity (Wildman–Crippen MR) is 101 cm³/mol. The van der Waals surface area contributed by atoms with Gasteiger partial charge in [0.05, 0.1) is 26.4 Å². The van der Waals surface area contributed by atoms with Gasteiger partial charge in [0, 0.05) is 19.5 Å². The molecule has 1 fully saturated rings. The molecular weight excluding hydrogens is 346 g/mol. The molecule has 0 radical (unpaired) electrons. The van der Waals surface area contributed by atoms with Crippen LogP contribution in [0, 0.1) is 0 Å². The molecule has 1 aromatic heterocycles. The van der Waals surface area contributed by atoms with Gasteiger partial charge in [0.1, 0.15) is 0 Å². The third-order valence-corrected chi connectivity index (χ3v) is 5.63. The third-order valence-electron chi connectivity index (χ3n) is 5.63. The van der Waals surface area contributed by atoms with Crippen LogP contribution in [-0.4, -0.2) is 44.1 Å². The Bertz CT molecular complexity index is 797. The molecule has 2 aromatic rings. The van der Waals surface area contributed by atoms with Gasteiger partial charge in [-0.15, -0.1) is 0 Å². The summed E-state index contributed by atoms with van der Waals surface area (Å²) in [5.74, 6) is 2.94. The van der Waals surface area contributed by atoms with Crippen molar-refractivity contribution in [2.24, 2.45) is 0 Å². The van der Waals surface area contributed by atoms with Gasteiger partial charge >= 0.3 is 0 Å². The number of nitrogens with zero attached hydrogens (tertiary/aromatic N) is 3. The average molecular weight is 373 g/mol. The Morgan fingerprint density at radius 2 is 1.89 bits per heavy atom. The fraction of sp³-hybridized carbons (Fsp3) is 0.600. The van der Waals surface area contributed by atoms with Gasteiger partial charge in [0.25, 0.3) is 5.95 Å². The van der Waals surface area contributed by atoms with Crippen LogP contribution in [0.25, 0.3) is 0 Å². The van der Waals surface area contributed by atoms with Gasteiger partial charge in [-0.2, -0.15) is 4.98 Å². The molecule has 0 amide bonds. The maximum atomic E-state index is 6.35. The van der Waals surface area contributed by atoms with E-state index in [4.69, 9.17) is 18.7 Å². The van der Waals surface area contributed by atoms with Crippen molar-refractivity contribution in [3.05, 3.63) is 29.2 Å². The van der Waals surface area contributed by atoms with Crippen molar-refractivity contribution < 1.29 is 18.7 Å². The lowest BCUT2D eigenvalue weighted by atomic mass is 9.79. The minimum absolute atomic E-state index is 0.278. The van der Waals surface area contributed by atoms with Crippen LogP contribution in [0.2, 0.25) is 0 Å². The van der Waals surface area contributed by atoms with Crippen LogP contribution in [0.4, 0.5) is 5.95 Å². The predicted octanol–water partition coefficient (Wildman–Crippen LogP) is 3.11. The standard InChI is InChI=1S/C20H27N3O4/c1-4-5-18-21-19(22-27-18)23-9-7-20(8-10-23)15-13-17(25-3)16(24-2)12-14(15)6-11-26-20/h12-13H,4-11H2,1-3H3.